The van der Waals surface area contributed by atoms with E-state index in [9.17, 15) is 14.4 Å². The Hall–Kier alpha value is -1.66. The van der Waals surface area contributed by atoms with Gasteiger partial charge in [0.15, 0.2) is 5.60 Å². The topological polar surface area (TPSA) is 63.7 Å². The first-order chi connectivity index (χ1) is 8.34. The number of amides is 2. The third-order valence-electron chi connectivity index (χ3n) is 2.59. The minimum Gasteiger partial charge on any atom is -0.284 e. The molecule has 1 aromatic carbocycles. The monoisotopic (exact) mass is 265 g/mol. The SMILES string of the molecule is CC(C)(ON1C(=O)c2ccccc2C1=O)C(=O)S. The largest absolute Gasteiger partial charge is 0.285 e. The summed E-state index contributed by atoms with van der Waals surface area (Å²) in [5.74, 6) is -1.14. The van der Waals surface area contributed by atoms with Crippen molar-refractivity contribution in [3.8, 4) is 0 Å². The van der Waals surface area contributed by atoms with Crippen LogP contribution in [0.4, 0.5) is 0 Å². The maximum Gasteiger partial charge on any atom is 0.285 e. The second-order valence-corrected chi connectivity index (χ2v) is 4.76. The van der Waals surface area contributed by atoms with Gasteiger partial charge >= 0.3 is 0 Å². The second-order valence-electron chi connectivity index (χ2n) is 4.36. The van der Waals surface area contributed by atoms with E-state index in [2.05, 4.69) is 12.6 Å². The summed E-state index contributed by atoms with van der Waals surface area (Å²) < 4.78 is 0. The lowest BCUT2D eigenvalue weighted by molar-refractivity contribution is -0.176. The van der Waals surface area contributed by atoms with Crippen LogP contribution in [0.1, 0.15) is 34.6 Å². The fourth-order valence-electron chi connectivity index (χ4n) is 1.52. The molecule has 0 spiro atoms. The number of rotatable bonds is 3. The number of carbonyl (C=O) groups is 3. The molecule has 0 saturated carbocycles. The standard InChI is InChI=1S/C12H11NO4S/c1-12(2,11(16)18)17-13-9(14)7-5-3-4-6-8(7)10(13)15/h3-6H,1-2H3,(H,16,18). The Bertz CT molecular complexity index is 518. The lowest BCUT2D eigenvalue weighted by Crippen LogP contribution is -2.42. The van der Waals surface area contributed by atoms with Crippen molar-refractivity contribution in [1.29, 1.82) is 0 Å². The molecule has 0 unspecified atom stereocenters. The molecule has 2 rings (SSSR count). The number of thiol groups is 1. The predicted molar refractivity (Wildman–Crippen MR) is 66.1 cm³/mol. The van der Waals surface area contributed by atoms with Crippen LogP contribution < -0.4 is 0 Å². The van der Waals surface area contributed by atoms with Crippen molar-refractivity contribution in [2.45, 2.75) is 19.4 Å². The first-order valence-electron chi connectivity index (χ1n) is 5.25. The molecule has 0 aliphatic carbocycles. The van der Waals surface area contributed by atoms with Crippen LogP contribution in [0.25, 0.3) is 0 Å². The summed E-state index contributed by atoms with van der Waals surface area (Å²) in [5, 5.41) is 0.0396. The van der Waals surface area contributed by atoms with Crippen LogP contribution in [0.2, 0.25) is 0 Å². The van der Waals surface area contributed by atoms with Crippen molar-refractivity contribution in [1.82, 2.24) is 5.06 Å². The molecule has 0 N–H and O–H groups in total. The van der Waals surface area contributed by atoms with E-state index in [1.54, 1.807) is 12.1 Å². The fraction of sp³-hybridized carbons (Fsp3) is 0.250. The van der Waals surface area contributed by atoms with Gasteiger partial charge in [-0.05, 0) is 26.0 Å². The smallest absolute Gasteiger partial charge is 0.284 e. The third kappa shape index (κ3) is 1.93. The average Bonchev–Trinajstić information content (AvgIpc) is 2.55. The van der Waals surface area contributed by atoms with Crippen LogP contribution >= 0.6 is 12.6 Å². The normalized spacial score (nSPS) is 14.9. The summed E-state index contributed by atoms with van der Waals surface area (Å²) in [4.78, 5) is 40.3. The number of hydroxylamine groups is 2. The molecule has 1 aliphatic rings. The van der Waals surface area contributed by atoms with Crippen molar-refractivity contribution in [3.05, 3.63) is 35.4 Å². The summed E-state index contributed by atoms with van der Waals surface area (Å²) in [6, 6.07) is 6.38. The molecular formula is C12H11NO4S. The van der Waals surface area contributed by atoms with E-state index in [1.807, 2.05) is 0 Å². The Kier molecular flexibility index (Phi) is 3.00. The van der Waals surface area contributed by atoms with Gasteiger partial charge in [0.25, 0.3) is 11.8 Å². The van der Waals surface area contributed by atoms with Crippen molar-refractivity contribution in [2.75, 3.05) is 0 Å². The van der Waals surface area contributed by atoms with Gasteiger partial charge in [-0.3, -0.25) is 14.4 Å². The molecule has 18 heavy (non-hydrogen) atoms. The van der Waals surface area contributed by atoms with Gasteiger partial charge < -0.3 is 0 Å². The predicted octanol–water partition coefficient (Wildman–Crippen LogP) is 1.45. The fourth-order valence-corrected chi connectivity index (χ4v) is 1.56. The van der Waals surface area contributed by atoms with Gasteiger partial charge in [0.05, 0.1) is 11.1 Å². The summed E-state index contributed by atoms with van der Waals surface area (Å²) in [6.07, 6.45) is 0. The van der Waals surface area contributed by atoms with Gasteiger partial charge in [0.1, 0.15) is 0 Å². The third-order valence-corrected chi connectivity index (χ3v) is 3.13. The molecule has 1 aliphatic heterocycles. The quantitative estimate of drug-likeness (QED) is 0.663. The number of nitrogens with zero attached hydrogens (tertiary/aromatic N) is 1. The molecule has 0 fully saturated rings. The molecule has 0 saturated heterocycles. The van der Waals surface area contributed by atoms with Crippen molar-refractivity contribution >= 4 is 29.6 Å². The molecule has 0 radical (unpaired) electrons. The summed E-state index contributed by atoms with van der Waals surface area (Å²) in [5.41, 5.74) is -0.814. The van der Waals surface area contributed by atoms with Crippen molar-refractivity contribution < 1.29 is 19.2 Å². The van der Waals surface area contributed by atoms with Crippen LogP contribution in [-0.4, -0.2) is 27.6 Å². The van der Waals surface area contributed by atoms with Crippen LogP contribution in [0, 0.1) is 0 Å². The molecule has 6 heteroatoms. The first kappa shape index (κ1) is 12.8. The van der Waals surface area contributed by atoms with E-state index < -0.39 is 22.5 Å². The molecule has 0 atom stereocenters. The van der Waals surface area contributed by atoms with Gasteiger partial charge in [-0.2, -0.15) is 0 Å². The highest BCUT2D eigenvalue weighted by atomic mass is 32.1. The minimum atomic E-state index is -1.35. The van der Waals surface area contributed by atoms with Crippen molar-refractivity contribution in [2.24, 2.45) is 0 Å². The number of hydrogen-bond donors (Lipinski definition) is 1. The molecule has 0 bridgehead atoms. The van der Waals surface area contributed by atoms with E-state index in [0.29, 0.717) is 5.06 Å². The lowest BCUT2D eigenvalue weighted by atomic mass is 10.1. The van der Waals surface area contributed by atoms with Crippen LogP contribution in [0.3, 0.4) is 0 Å². The number of carbonyl (C=O) groups excluding carboxylic acids is 3. The Morgan fingerprint density at radius 1 is 1.17 bits per heavy atom. The molecule has 5 nitrogen and oxygen atoms in total. The second kappa shape index (κ2) is 4.22. The van der Waals surface area contributed by atoms with Gasteiger partial charge in [-0.25, -0.2) is 4.84 Å². The van der Waals surface area contributed by atoms with Crippen LogP contribution in [0.5, 0.6) is 0 Å². The van der Waals surface area contributed by atoms with E-state index >= 15 is 0 Å². The Labute approximate surface area is 109 Å². The van der Waals surface area contributed by atoms with Gasteiger partial charge in [-0.15, -0.1) is 17.7 Å². The van der Waals surface area contributed by atoms with E-state index in [1.165, 1.54) is 26.0 Å². The van der Waals surface area contributed by atoms with E-state index in [0.717, 1.165) is 0 Å². The molecular weight excluding hydrogens is 254 g/mol. The highest BCUT2D eigenvalue weighted by Crippen LogP contribution is 2.26. The Morgan fingerprint density at radius 3 is 2.00 bits per heavy atom. The van der Waals surface area contributed by atoms with E-state index in [-0.39, 0.29) is 11.1 Å². The minimum absolute atomic E-state index is 0.268. The molecule has 94 valence electrons. The number of fused-ring (bicyclic) bond motifs is 1. The van der Waals surface area contributed by atoms with Crippen LogP contribution in [0.15, 0.2) is 24.3 Å². The number of imide groups is 1. The molecule has 1 heterocycles. The Morgan fingerprint density at radius 2 is 1.61 bits per heavy atom. The molecule has 1 aromatic rings. The van der Waals surface area contributed by atoms with Crippen molar-refractivity contribution in [3.63, 3.8) is 0 Å². The summed E-state index contributed by atoms with van der Waals surface area (Å²) >= 11 is 3.66. The molecule has 2 amide bonds. The summed E-state index contributed by atoms with van der Waals surface area (Å²) in [7, 11) is 0. The highest BCUT2D eigenvalue weighted by molar-refractivity contribution is 7.96. The van der Waals surface area contributed by atoms with Gasteiger partial charge in [0.2, 0.25) is 5.12 Å². The first-order valence-corrected chi connectivity index (χ1v) is 5.69. The summed E-state index contributed by atoms with van der Waals surface area (Å²) in [6.45, 7) is 2.87. The number of hydrogen-bond acceptors (Lipinski definition) is 4. The maximum atomic E-state index is 12.0. The Balaban J connectivity index is 2.32. The number of benzene rings is 1. The average molecular weight is 265 g/mol. The van der Waals surface area contributed by atoms with Gasteiger partial charge in [0, 0.05) is 0 Å². The molecule has 0 aromatic heterocycles. The maximum absolute atomic E-state index is 12.0. The van der Waals surface area contributed by atoms with Gasteiger partial charge in [-0.1, -0.05) is 12.1 Å². The van der Waals surface area contributed by atoms with Crippen LogP contribution in [-0.2, 0) is 9.63 Å². The highest BCUT2D eigenvalue weighted by Gasteiger charge is 2.41. The zero-order valence-electron chi connectivity index (χ0n) is 9.84. The zero-order chi connectivity index (χ0) is 13.5. The van der Waals surface area contributed by atoms with E-state index in [4.69, 9.17) is 4.84 Å². The zero-order valence-corrected chi connectivity index (χ0v) is 10.7. The lowest BCUT2D eigenvalue weighted by Gasteiger charge is -2.25.